The van der Waals surface area contributed by atoms with E-state index in [4.69, 9.17) is 9.57 Å². The number of hydroxylamine groups is 1. The number of fused-ring (bicyclic) bond motifs is 2. The predicted molar refractivity (Wildman–Crippen MR) is 145 cm³/mol. The summed E-state index contributed by atoms with van der Waals surface area (Å²) in [6.45, 7) is 5.97. The van der Waals surface area contributed by atoms with Gasteiger partial charge in [0, 0.05) is 4.88 Å². The predicted octanol–water partition coefficient (Wildman–Crippen LogP) is 5.47. The fourth-order valence-corrected chi connectivity index (χ4v) is 7.25. The van der Waals surface area contributed by atoms with Gasteiger partial charge in [-0.3, -0.25) is 14.4 Å². The maximum atomic E-state index is 14.2. The Morgan fingerprint density at radius 2 is 1.76 bits per heavy atom. The van der Waals surface area contributed by atoms with E-state index in [0.717, 1.165) is 58.5 Å². The molecule has 3 atom stereocenters. The minimum absolute atomic E-state index is 0.222. The quantitative estimate of drug-likeness (QED) is 0.322. The normalized spacial score (nSPS) is 22.6. The monoisotopic (exact) mass is 530 g/mol. The van der Waals surface area contributed by atoms with Gasteiger partial charge in [0.25, 0.3) is 5.91 Å². The molecule has 0 spiro atoms. The summed E-state index contributed by atoms with van der Waals surface area (Å²) in [6, 6.07) is 15.3. The maximum Gasteiger partial charge on any atom is 0.341 e. The number of carbonyl (C=O) groups excluding carboxylic acids is 3. The van der Waals surface area contributed by atoms with Crippen molar-refractivity contribution in [3.63, 3.8) is 0 Å². The number of amides is 2. The summed E-state index contributed by atoms with van der Waals surface area (Å²) in [5.41, 5.74) is 5.09. The Labute approximate surface area is 225 Å². The second-order valence-electron chi connectivity index (χ2n) is 10.1. The molecule has 0 radical (unpaired) electrons. The average molecular weight is 531 g/mol. The Morgan fingerprint density at radius 3 is 2.50 bits per heavy atom. The SMILES string of the molecule is CCOC(=O)c1c(N2C(=O)[C@H]3[C@@H](c4ccc(C)cc4)N(c4ccccc4C)O[C@H]3C2=O)sc2c1CCCC2. The lowest BCUT2D eigenvalue weighted by atomic mass is 9.90. The molecule has 2 amide bonds. The molecule has 3 heterocycles. The molecular weight excluding hydrogens is 500 g/mol. The molecule has 0 N–H and O–H groups in total. The first kappa shape index (κ1) is 24.8. The van der Waals surface area contributed by atoms with E-state index < -0.39 is 29.9 Å². The number of thiophene rings is 1. The van der Waals surface area contributed by atoms with Crippen LogP contribution in [0, 0.1) is 19.8 Å². The molecule has 2 aliphatic heterocycles. The molecule has 7 nitrogen and oxygen atoms in total. The van der Waals surface area contributed by atoms with Gasteiger partial charge < -0.3 is 4.74 Å². The van der Waals surface area contributed by atoms with Gasteiger partial charge in [0.1, 0.15) is 10.9 Å². The number of ether oxygens (including phenoxy) is 1. The smallest absolute Gasteiger partial charge is 0.341 e. The van der Waals surface area contributed by atoms with Crippen molar-refractivity contribution < 1.29 is 24.0 Å². The summed E-state index contributed by atoms with van der Waals surface area (Å²) >= 11 is 1.37. The number of benzene rings is 2. The topological polar surface area (TPSA) is 76.2 Å². The number of imide groups is 1. The van der Waals surface area contributed by atoms with Gasteiger partial charge in [0.05, 0.1) is 23.9 Å². The number of aryl methyl sites for hydroxylation is 3. The van der Waals surface area contributed by atoms with E-state index in [2.05, 4.69) is 0 Å². The van der Waals surface area contributed by atoms with Crippen molar-refractivity contribution in [3.8, 4) is 0 Å². The van der Waals surface area contributed by atoms with Crippen molar-refractivity contribution in [2.45, 2.75) is 58.6 Å². The van der Waals surface area contributed by atoms with Gasteiger partial charge in [-0.1, -0.05) is 48.0 Å². The minimum Gasteiger partial charge on any atom is -0.462 e. The Bertz CT molecular complexity index is 1430. The van der Waals surface area contributed by atoms with E-state index in [1.54, 1.807) is 12.0 Å². The van der Waals surface area contributed by atoms with Crippen LogP contribution in [0.15, 0.2) is 48.5 Å². The molecule has 2 aromatic carbocycles. The van der Waals surface area contributed by atoms with Crippen LogP contribution in [0.1, 0.15) is 63.3 Å². The van der Waals surface area contributed by atoms with Crippen LogP contribution >= 0.6 is 11.3 Å². The number of anilines is 2. The molecule has 2 fully saturated rings. The fourth-order valence-electron chi connectivity index (χ4n) is 5.86. The van der Waals surface area contributed by atoms with E-state index in [-0.39, 0.29) is 12.5 Å². The zero-order valence-electron chi connectivity index (χ0n) is 21.7. The Kier molecular flexibility index (Phi) is 6.32. The summed E-state index contributed by atoms with van der Waals surface area (Å²) in [7, 11) is 0. The first-order chi connectivity index (χ1) is 18.4. The largest absolute Gasteiger partial charge is 0.462 e. The molecule has 0 unspecified atom stereocenters. The number of para-hydroxylation sites is 1. The van der Waals surface area contributed by atoms with E-state index >= 15 is 0 Å². The molecule has 196 valence electrons. The third-order valence-electron chi connectivity index (χ3n) is 7.72. The molecule has 6 rings (SSSR count). The first-order valence-corrected chi connectivity index (χ1v) is 14.0. The zero-order chi connectivity index (χ0) is 26.6. The number of rotatable bonds is 5. The third kappa shape index (κ3) is 3.85. The molecule has 1 aromatic heterocycles. The van der Waals surface area contributed by atoms with Crippen LogP contribution in [0.4, 0.5) is 10.7 Å². The molecule has 0 bridgehead atoms. The van der Waals surface area contributed by atoms with Crippen molar-refractivity contribution >= 4 is 39.8 Å². The minimum atomic E-state index is -0.984. The lowest BCUT2D eigenvalue weighted by molar-refractivity contribution is -0.126. The van der Waals surface area contributed by atoms with Crippen LogP contribution in [0.3, 0.4) is 0 Å². The van der Waals surface area contributed by atoms with Gasteiger partial charge in [0.2, 0.25) is 5.91 Å². The number of hydrogen-bond acceptors (Lipinski definition) is 7. The average Bonchev–Trinajstić information content (AvgIpc) is 3.55. The molecule has 38 heavy (non-hydrogen) atoms. The molecule has 8 heteroatoms. The van der Waals surface area contributed by atoms with Crippen LogP contribution < -0.4 is 9.96 Å². The number of esters is 1. The van der Waals surface area contributed by atoms with E-state index in [1.165, 1.54) is 16.2 Å². The third-order valence-corrected chi connectivity index (χ3v) is 9.00. The number of hydrogen-bond donors (Lipinski definition) is 0. The zero-order valence-corrected chi connectivity index (χ0v) is 22.5. The molecule has 3 aromatic rings. The Morgan fingerprint density at radius 1 is 1.03 bits per heavy atom. The van der Waals surface area contributed by atoms with E-state index in [9.17, 15) is 14.4 Å². The van der Waals surface area contributed by atoms with Gasteiger partial charge in [0.15, 0.2) is 6.10 Å². The van der Waals surface area contributed by atoms with Crippen molar-refractivity contribution in [1.82, 2.24) is 0 Å². The molecule has 3 aliphatic rings. The Hall–Kier alpha value is -3.49. The summed E-state index contributed by atoms with van der Waals surface area (Å²) in [4.78, 5) is 49.9. The van der Waals surface area contributed by atoms with Gasteiger partial charge in [-0.2, -0.15) is 0 Å². The molecular formula is C30H30N2O5S. The standard InChI is InChI=1S/C30H30N2O5S/c1-4-36-30(35)23-20-10-6-8-12-22(20)38-29(23)31-27(33)24-25(19-15-13-17(2)14-16-19)32(37-26(24)28(31)34)21-11-7-5-9-18(21)3/h5,7,9,11,13-16,24-26H,4,6,8,10,12H2,1-3H3/t24-,25+,26+/m0/s1. The highest BCUT2D eigenvalue weighted by molar-refractivity contribution is 7.17. The molecule has 0 saturated carbocycles. The van der Waals surface area contributed by atoms with Crippen molar-refractivity contribution in [2.75, 3.05) is 16.6 Å². The number of nitrogens with zero attached hydrogens (tertiary/aromatic N) is 2. The van der Waals surface area contributed by atoms with E-state index in [1.807, 2.05) is 62.4 Å². The molecule has 2 saturated heterocycles. The summed E-state index contributed by atoms with van der Waals surface area (Å²) < 4.78 is 5.39. The fraction of sp³-hybridized carbons (Fsp3) is 0.367. The van der Waals surface area contributed by atoms with Crippen LogP contribution in [-0.4, -0.2) is 30.5 Å². The lowest BCUT2D eigenvalue weighted by Crippen LogP contribution is -2.38. The van der Waals surface area contributed by atoms with Crippen LogP contribution in [0.2, 0.25) is 0 Å². The van der Waals surface area contributed by atoms with Gasteiger partial charge in [-0.25, -0.2) is 14.8 Å². The van der Waals surface area contributed by atoms with Gasteiger partial charge >= 0.3 is 5.97 Å². The first-order valence-electron chi connectivity index (χ1n) is 13.2. The highest BCUT2D eigenvalue weighted by Gasteiger charge is 2.61. The summed E-state index contributed by atoms with van der Waals surface area (Å²) in [5.74, 6) is -2.00. The van der Waals surface area contributed by atoms with Crippen LogP contribution in [0.25, 0.3) is 0 Å². The van der Waals surface area contributed by atoms with Gasteiger partial charge in [-0.15, -0.1) is 11.3 Å². The van der Waals surface area contributed by atoms with Crippen LogP contribution in [-0.2, 0) is 32.0 Å². The highest BCUT2D eigenvalue weighted by Crippen LogP contribution is 2.50. The highest BCUT2D eigenvalue weighted by atomic mass is 32.1. The van der Waals surface area contributed by atoms with E-state index in [0.29, 0.717) is 10.6 Å². The Balaban J connectivity index is 1.45. The summed E-state index contributed by atoms with van der Waals surface area (Å²) in [6.07, 6.45) is 2.58. The second kappa shape index (κ2) is 9.67. The van der Waals surface area contributed by atoms with Crippen molar-refractivity contribution in [1.29, 1.82) is 0 Å². The van der Waals surface area contributed by atoms with Crippen LogP contribution in [0.5, 0.6) is 0 Å². The lowest BCUT2D eigenvalue weighted by Gasteiger charge is -2.29. The van der Waals surface area contributed by atoms with Crippen molar-refractivity contribution in [3.05, 3.63) is 81.2 Å². The number of carbonyl (C=O) groups is 3. The van der Waals surface area contributed by atoms with Crippen molar-refractivity contribution in [2.24, 2.45) is 5.92 Å². The molecule has 1 aliphatic carbocycles. The summed E-state index contributed by atoms with van der Waals surface area (Å²) in [5, 5.41) is 2.11. The second-order valence-corrected chi connectivity index (χ2v) is 11.2. The maximum absolute atomic E-state index is 14.2. The van der Waals surface area contributed by atoms with Gasteiger partial charge in [-0.05, 0) is 69.2 Å².